The van der Waals surface area contributed by atoms with Gasteiger partial charge >= 0.3 is 19.5 Å². The van der Waals surface area contributed by atoms with Crippen molar-refractivity contribution < 1.29 is 65.9 Å². The van der Waals surface area contributed by atoms with Gasteiger partial charge in [-0.25, -0.2) is 23.7 Å². The molecule has 9 N–H and O–H groups in total. The van der Waals surface area contributed by atoms with Gasteiger partial charge in [-0.3, -0.25) is 28.0 Å². The van der Waals surface area contributed by atoms with E-state index in [1.807, 2.05) is 5.32 Å². The number of amides is 2. The van der Waals surface area contributed by atoms with Crippen LogP contribution in [0.15, 0.2) is 17.1 Å². The summed E-state index contributed by atoms with van der Waals surface area (Å²) in [5, 5.41) is 19.2. The van der Waals surface area contributed by atoms with Crippen LogP contribution in [0, 0.1) is 0 Å². The lowest BCUT2D eigenvalue weighted by Crippen LogP contribution is -2.51. The van der Waals surface area contributed by atoms with E-state index in [0.717, 1.165) is 4.57 Å². The van der Waals surface area contributed by atoms with Crippen LogP contribution in [0.2, 0.25) is 0 Å². The molecule has 21 nitrogen and oxygen atoms in total. The van der Waals surface area contributed by atoms with Crippen molar-refractivity contribution >= 4 is 47.5 Å². The zero-order valence-corrected chi connectivity index (χ0v) is 23.5. The molecule has 1 aliphatic heterocycles. The van der Waals surface area contributed by atoms with Crippen molar-refractivity contribution in [2.45, 2.75) is 31.4 Å². The third kappa shape index (κ3) is 13.5. The van der Waals surface area contributed by atoms with Crippen molar-refractivity contribution in [1.29, 1.82) is 0 Å². The van der Waals surface area contributed by atoms with Gasteiger partial charge in [-0.2, -0.15) is 4.98 Å². The van der Waals surface area contributed by atoms with Gasteiger partial charge in [-0.15, -0.1) is 0 Å². The summed E-state index contributed by atoms with van der Waals surface area (Å²) in [6.07, 6.45) is -0.892. The van der Waals surface area contributed by atoms with Crippen LogP contribution >= 0.6 is 7.82 Å². The highest BCUT2D eigenvalue weighted by molar-refractivity contribution is 7.91. The molecule has 0 bridgehead atoms. The second-order valence-corrected chi connectivity index (χ2v) is 11.7. The molecule has 42 heavy (non-hydrogen) atoms. The third-order valence-electron chi connectivity index (χ3n) is 4.89. The molecule has 0 spiro atoms. The lowest BCUT2D eigenvalue weighted by atomic mass is 10.2. The molecule has 4 atom stereocenters. The topological polar surface area (TPSA) is 328 Å². The number of anilines is 1. The number of carboxylic acid groups (broad SMARTS) is 1. The normalized spacial score (nSPS) is 18.5. The molecule has 1 aromatic rings. The number of aldehydes is 1. The molecular formula is C19H31N6O15PS. The Morgan fingerprint density at radius 3 is 2.62 bits per heavy atom. The van der Waals surface area contributed by atoms with Crippen LogP contribution in [0.5, 0.6) is 0 Å². The first-order valence-electron chi connectivity index (χ1n) is 11.6. The van der Waals surface area contributed by atoms with E-state index in [1.165, 1.54) is 12.3 Å². The van der Waals surface area contributed by atoms with Gasteiger partial charge in [0.05, 0.1) is 24.7 Å². The summed E-state index contributed by atoms with van der Waals surface area (Å²) in [6, 6.07) is -0.362. The van der Waals surface area contributed by atoms with Crippen LogP contribution in [0.3, 0.4) is 0 Å². The standard InChI is InChI=1S/C19H28N5O14PS.H3NO/c20-13-3-4-24(19(30)23-13)15-9-35-17(38-15)10-37-39(31,32)36-6-7-40(33,34)11-12(18(29)21-8-16(27)28)22-14(26)2-1-5-25;1-2/h3-5,12,15,17H,1-2,6-11H2,(H,21,29)(H,22,26)(H,27,28)(H,31,32)(H2,20,23,30);2H,1H2. The maximum absolute atomic E-state index is 12.5. The number of hydrogen-bond donors (Lipinski definition) is 7. The summed E-state index contributed by atoms with van der Waals surface area (Å²) < 4.78 is 58.2. The van der Waals surface area contributed by atoms with Crippen molar-refractivity contribution in [3.63, 3.8) is 0 Å². The van der Waals surface area contributed by atoms with E-state index in [4.69, 9.17) is 30.0 Å². The molecule has 4 unspecified atom stereocenters. The van der Waals surface area contributed by atoms with Crippen LogP contribution in [0.4, 0.5) is 5.82 Å². The Labute approximate surface area is 237 Å². The van der Waals surface area contributed by atoms with Crippen molar-refractivity contribution in [3.8, 4) is 0 Å². The average molecular weight is 647 g/mol. The summed E-state index contributed by atoms with van der Waals surface area (Å²) in [6.45, 7) is -2.47. The second kappa shape index (κ2) is 17.6. The summed E-state index contributed by atoms with van der Waals surface area (Å²) in [5.74, 6) is -1.77. The Balaban J connectivity index is 0.00000431. The minimum atomic E-state index is -4.82. The number of carbonyl (C=O) groups excluding carboxylic acids is 3. The monoisotopic (exact) mass is 646 g/mol. The van der Waals surface area contributed by atoms with Crippen LogP contribution in [-0.2, 0) is 52.1 Å². The van der Waals surface area contributed by atoms with Crippen LogP contribution in [0.1, 0.15) is 19.1 Å². The van der Waals surface area contributed by atoms with Gasteiger partial charge in [0, 0.05) is 19.0 Å². The molecule has 2 amide bonds. The molecular weight excluding hydrogens is 615 g/mol. The number of hydrogen-bond acceptors (Lipinski definition) is 16. The minimum Gasteiger partial charge on any atom is -0.480 e. The Morgan fingerprint density at radius 1 is 1.31 bits per heavy atom. The van der Waals surface area contributed by atoms with Crippen molar-refractivity contribution in [3.05, 3.63) is 22.7 Å². The summed E-state index contributed by atoms with van der Waals surface area (Å²) in [5.41, 5.74) is 4.71. The number of carbonyl (C=O) groups is 4. The number of phosphoric acid groups is 1. The molecule has 1 saturated heterocycles. The minimum absolute atomic E-state index is 0.00301. The Morgan fingerprint density at radius 2 is 2.00 bits per heavy atom. The fourth-order valence-corrected chi connectivity index (χ4v) is 5.13. The molecule has 2 heterocycles. The number of nitrogens with one attached hydrogen (secondary N) is 2. The number of ether oxygens (including phenoxy) is 2. The lowest BCUT2D eigenvalue weighted by Gasteiger charge is -2.18. The van der Waals surface area contributed by atoms with Crippen LogP contribution in [-0.4, -0.2) is 107 Å². The Bertz CT molecular complexity index is 1290. The van der Waals surface area contributed by atoms with Crippen molar-refractivity contribution in [2.75, 3.05) is 43.6 Å². The van der Waals surface area contributed by atoms with Gasteiger partial charge in [-0.05, 0) is 6.07 Å². The maximum Gasteiger partial charge on any atom is 0.472 e. The second-order valence-electron chi connectivity index (χ2n) is 8.04. The summed E-state index contributed by atoms with van der Waals surface area (Å²) >= 11 is 0. The average Bonchev–Trinajstić information content (AvgIpc) is 3.38. The number of carboxylic acids is 1. The number of sulfone groups is 1. The van der Waals surface area contributed by atoms with Gasteiger partial charge in [0.1, 0.15) is 31.3 Å². The molecule has 238 valence electrons. The largest absolute Gasteiger partial charge is 0.480 e. The zero-order valence-electron chi connectivity index (χ0n) is 21.8. The molecule has 23 heteroatoms. The van der Waals surface area contributed by atoms with Gasteiger partial charge in [0.25, 0.3) is 0 Å². The number of phosphoric ester groups is 1. The van der Waals surface area contributed by atoms with E-state index in [0.29, 0.717) is 6.29 Å². The Hall–Kier alpha value is -3.34. The fraction of sp³-hybridized carbons (Fsp3) is 0.579. The van der Waals surface area contributed by atoms with E-state index in [2.05, 4.69) is 20.7 Å². The predicted octanol–water partition coefficient (Wildman–Crippen LogP) is -3.76. The highest BCUT2D eigenvalue weighted by atomic mass is 32.2. The first-order chi connectivity index (χ1) is 19.7. The quantitative estimate of drug-likeness (QED) is 0.0485. The van der Waals surface area contributed by atoms with E-state index in [1.54, 1.807) is 0 Å². The molecule has 2 rings (SSSR count). The molecule has 1 aromatic heterocycles. The van der Waals surface area contributed by atoms with E-state index < -0.39 is 91.0 Å². The lowest BCUT2D eigenvalue weighted by molar-refractivity contribution is -0.138. The van der Waals surface area contributed by atoms with E-state index in [9.17, 15) is 41.8 Å². The van der Waals surface area contributed by atoms with E-state index in [-0.39, 0.29) is 25.3 Å². The fourth-order valence-electron chi connectivity index (χ4n) is 3.06. The summed E-state index contributed by atoms with van der Waals surface area (Å²) in [7, 11) is -9.05. The smallest absolute Gasteiger partial charge is 0.472 e. The maximum atomic E-state index is 12.5. The van der Waals surface area contributed by atoms with E-state index >= 15 is 0 Å². The van der Waals surface area contributed by atoms with Crippen molar-refractivity contribution in [2.24, 2.45) is 5.90 Å². The van der Waals surface area contributed by atoms with Gasteiger partial charge in [-0.1, -0.05) is 0 Å². The van der Waals surface area contributed by atoms with Gasteiger partial charge in [0.2, 0.25) is 11.8 Å². The first-order valence-corrected chi connectivity index (χ1v) is 15.0. The van der Waals surface area contributed by atoms with Crippen molar-refractivity contribution in [1.82, 2.24) is 20.2 Å². The number of rotatable bonds is 17. The molecule has 0 saturated carbocycles. The number of nitrogens with two attached hydrogens (primary N) is 2. The number of aromatic nitrogens is 2. The first kappa shape index (κ1) is 36.7. The van der Waals surface area contributed by atoms with Crippen LogP contribution in [0.25, 0.3) is 0 Å². The highest BCUT2D eigenvalue weighted by Gasteiger charge is 2.33. The summed E-state index contributed by atoms with van der Waals surface area (Å²) in [4.78, 5) is 70.5. The molecule has 0 aliphatic carbocycles. The third-order valence-corrected chi connectivity index (χ3v) is 7.51. The zero-order chi connectivity index (χ0) is 31.9. The van der Waals surface area contributed by atoms with Crippen LogP contribution < -0.4 is 28.0 Å². The van der Waals surface area contributed by atoms with Gasteiger partial charge in [0.15, 0.2) is 22.4 Å². The number of nitrogens with zero attached hydrogens (tertiary/aromatic N) is 2. The number of nitrogen functional groups attached to an aromatic ring is 1. The number of aliphatic carboxylic acids is 1. The molecule has 1 fully saturated rings. The predicted molar refractivity (Wildman–Crippen MR) is 137 cm³/mol. The molecule has 0 radical (unpaired) electrons. The SMILES string of the molecule is NO.Nc1ccn(C2COC(COP(=O)(O)OCCS(=O)(=O)CC(NC(=O)CCC=O)C(=O)NCC(=O)O)O2)c(=O)n1. The molecule has 1 aliphatic rings. The molecule has 0 aromatic carbocycles. The van der Waals surface area contributed by atoms with Gasteiger partial charge < -0.3 is 45.8 Å². The Kier molecular flexibility index (Phi) is 15.4. The highest BCUT2D eigenvalue weighted by Crippen LogP contribution is 2.43.